The Kier molecular flexibility index (Phi) is 5.68. The fourth-order valence-electron chi connectivity index (χ4n) is 1.87. The Morgan fingerprint density at radius 3 is 2.32 bits per heavy atom. The third-order valence-corrected chi connectivity index (χ3v) is 6.91. The monoisotopic (exact) mass is 296 g/mol. The molecule has 0 saturated carbocycles. The molecule has 0 aliphatic rings. The van der Waals surface area contributed by atoms with Crippen LogP contribution < -0.4 is 5.19 Å². The van der Waals surface area contributed by atoms with Crippen LogP contribution in [-0.4, -0.2) is 26.4 Å². The predicted molar refractivity (Wildman–Crippen MR) is 85.9 cm³/mol. The standard InChI is InChI=1S/C15H24O2SSi/c1-11(15(16)17-3)12(2)18-13-9-7-8-10-14(13)19(4,5)6/h7-12H,1-6H3/t11-,12+/m1/s1. The molecule has 0 heterocycles. The molecule has 0 radical (unpaired) electrons. The van der Waals surface area contributed by atoms with Crippen molar-refractivity contribution >= 4 is 31.0 Å². The Balaban J connectivity index is 2.91. The molecule has 0 aliphatic heterocycles. The maximum absolute atomic E-state index is 11.6. The fraction of sp³-hybridized carbons (Fsp3) is 0.533. The van der Waals surface area contributed by atoms with Crippen LogP contribution in [0, 0.1) is 5.92 Å². The minimum absolute atomic E-state index is 0.0929. The number of hydrogen-bond donors (Lipinski definition) is 0. The van der Waals surface area contributed by atoms with E-state index in [1.165, 1.54) is 17.2 Å². The topological polar surface area (TPSA) is 26.3 Å². The number of carbonyl (C=O) groups is 1. The molecule has 0 unspecified atom stereocenters. The predicted octanol–water partition coefficient (Wildman–Crippen LogP) is 3.52. The lowest BCUT2D eigenvalue weighted by Crippen LogP contribution is -2.39. The van der Waals surface area contributed by atoms with Gasteiger partial charge in [-0.15, -0.1) is 11.8 Å². The van der Waals surface area contributed by atoms with Crippen LogP contribution in [0.15, 0.2) is 29.2 Å². The van der Waals surface area contributed by atoms with E-state index in [2.05, 4.69) is 50.8 Å². The molecule has 2 nitrogen and oxygen atoms in total. The third-order valence-electron chi connectivity index (χ3n) is 3.29. The van der Waals surface area contributed by atoms with Crippen molar-refractivity contribution in [2.75, 3.05) is 7.11 Å². The minimum Gasteiger partial charge on any atom is -0.469 e. The molecule has 0 N–H and O–H groups in total. The van der Waals surface area contributed by atoms with E-state index in [0.717, 1.165) is 0 Å². The number of methoxy groups -OCH3 is 1. The van der Waals surface area contributed by atoms with E-state index in [1.54, 1.807) is 11.8 Å². The SMILES string of the molecule is COC(=O)[C@H](C)[C@H](C)Sc1ccccc1[Si](C)(C)C. The Morgan fingerprint density at radius 1 is 1.21 bits per heavy atom. The van der Waals surface area contributed by atoms with Crippen molar-refractivity contribution in [3.63, 3.8) is 0 Å². The van der Waals surface area contributed by atoms with Gasteiger partial charge in [-0.05, 0) is 11.3 Å². The van der Waals surface area contributed by atoms with Crippen molar-refractivity contribution in [3.8, 4) is 0 Å². The van der Waals surface area contributed by atoms with E-state index < -0.39 is 8.07 Å². The fourth-order valence-corrected chi connectivity index (χ4v) is 5.45. The van der Waals surface area contributed by atoms with E-state index in [1.807, 2.05) is 6.92 Å². The molecule has 106 valence electrons. The van der Waals surface area contributed by atoms with Gasteiger partial charge in [0.05, 0.1) is 21.1 Å². The van der Waals surface area contributed by atoms with Crippen LogP contribution in [0.3, 0.4) is 0 Å². The summed E-state index contributed by atoms with van der Waals surface area (Å²) in [6.07, 6.45) is 0. The number of ether oxygens (including phenoxy) is 1. The second-order valence-electron chi connectivity index (χ2n) is 5.88. The lowest BCUT2D eigenvalue weighted by atomic mass is 10.1. The van der Waals surface area contributed by atoms with Gasteiger partial charge >= 0.3 is 5.97 Å². The molecule has 0 fully saturated rings. The van der Waals surface area contributed by atoms with Crippen molar-refractivity contribution in [2.45, 2.75) is 43.6 Å². The Labute approximate surface area is 121 Å². The van der Waals surface area contributed by atoms with Gasteiger partial charge < -0.3 is 4.74 Å². The zero-order chi connectivity index (χ0) is 14.6. The highest BCUT2D eigenvalue weighted by Crippen LogP contribution is 2.28. The van der Waals surface area contributed by atoms with Crippen molar-refractivity contribution in [1.29, 1.82) is 0 Å². The molecule has 1 aromatic rings. The zero-order valence-electron chi connectivity index (χ0n) is 12.7. The van der Waals surface area contributed by atoms with Gasteiger partial charge in [0.15, 0.2) is 0 Å². The molecule has 0 bridgehead atoms. The number of rotatable bonds is 5. The van der Waals surface area contributed by atoms with E-state index in [9.17, 15) is 4.79 Å². The first-order valence-corrected chi connectivity index (χ1v) is 11.0. The van der Waals surface area contributed by atoms with Crippen molar-refractivity contribution in [2.24, 2.45) is 5.92 Å². The van der Waals surface area contributed by atoms with Gasteiger partial charge in [-0.25, -0.2) is 0 Å². The summed E-state index contributed by atoms with van der Waals surface area (Å²) in [5.41, 5.74) is 0. The lowest BCUT2D eigenvalue weighted by molar-refractivity contribution is -0.144. The molecule has 1 aromatic carbocycles. The number of hydrogen-bond acceptors (Lipinski definition) is 3. The van der Waals surface area contributed by atoms with Crippen LogP contribution in [0.4, 0.5) is 0 Å². The van der Waals surface area contributed by atoms with Crippen molar-refractivity contribution in [3.05, 3.63) is 24.3 Å². The molecular weight excluding hydrogens is 272 g/mol. The Bertz CT molecular complexity index is 440. The van der Waals surface area contributed by atoms with Crippen molar-refractivity contribution in [1.82, 2.24) is 0 Å². The summed E-state index contributed by atoms with van der Waals surface area (Å²) in [4.78, 5) is 12.9. The average molecular weight is 297 g/mol. The van der Waals surface area contributed by atoms with Crippen LogP contribution in [-0.2, 0) is 9.53 Å². The van der Waals surface area contributed by atoms with Gasteiger partial charge in [0, 0.05) is 10.1 Å². The largest absolute Gasteiger partial charge is 0.469 e. The van der Waals surface area contributed by atoms with Gasteiger partial charge in [-0.1, -0.05) is 51.7 Å². The minimum atomic E-state index is -1.35. The Morgan fingerprint density at radius 2 is 1.79 bits per heavy atom. The van der Waals surface area contributed by atoms with Gasteiger partial charge in [-0.3, -0.25) is 4.79 Å². The summed E-state index contributed by atoms with van der Waals surface area (Å²) in [6.45, 7) is 11.1. The highest BCUT2D eigenvalue weighted by molar-refractivity contribution is 8.00. The quantitative estimate of drug-likeness (QED) is 0.472. The maximum Gasteiger partial charge on any atom is 0.309 e. The summed E-state index contributed by atoms with van der Waals surface area (Å²) < 4.78 is 4.82. The molecule has 0 aromatic heterocycles. The van der Waals surface area contributed by atoms with Crippen molar-refractivity contribution < 1.29 is 9.53 Å². The van der Waals surface area contributed by atoms with Crippen LogP contribution >= 0.6 is 11.8 Å². The summed E-state index contributed by atoms with van der Waals surface area (Å²) in [5, 5.41) is 1.67. The first-order valence-electron chi connectivity index (χ1n) is 6.61. The second kappa shape index (κ2) is 6.62. The smallest absolute Gasteiger partial charge is 0.309 e. The summed E-state index contributed by atoms with van der Waals surface area (Å²) >= 11 is 1.78. The first kappa shape index (κ1) is 16.3. The van der Waals surface area contributed by atoms with Gasteiger partial charge in [0.2, 0.25) is 0 Å². The van der Waals surface area contributed by atoms with E-state index in [4.69, 9.17) is 4.74 Å². The Hall–Kier alpha value is -0.743. The molecule has 2 atom stereocenters. The van der Waals surface area contributed by atoms with Gasteiger partial charge in [0.25, 0.3) is 0 Å². The number of esters is 1. The van der Waals surface area contributed by atoms with E-state index >= 15 is 0 Å². The lowest BCUT2D eigenvalue weighted by Gasteiger charge is -2.24. The third kappa shape index (κ3) is 4.39. The van der Waals surface area contributed by atoms with Gasteiger partial charge in [-0.2, -0.15) is 0 Å². The van der Waals surface area contributed by atoms with Gasteiger partial charge in [0.1, 0.15) is 0 Å². The summed E-state index contributed by atoms with van der Waals surface area (Å²) in [6, 6.07) is 8.57. The van der Waals surface area contributed by atoms with E-state index in [-0.39, 0.29) is 17.1 Å². The molecule has 0 amide bonds. The van der Waals surface area contributed by atoms with Crippen LogP contribution in [0.1, 0.15) is 13.8 Å². The summed E-state index contributed by atoms with van der Waals surface area (Å²) in [7, 11) is 0.0986. The molecule has 1 rings (SSSR count). The molecular formula is C15H24O2SSi. The van der Waals surface area contributed by atoms with E-state index in [0.29, 0.717) is 0 Å². The number of carbonyl (C=O) groups excluding carboxylic acids is 1. The molecule has 4 heteroatoms. The summed E-state index contributed by atoms with van der Waals surface area (Å²) in [5.74, 6) is -0.227. The highest BCUT2D eigenvalue weighted by atomic mass is 32.2. The average Bonchev–Trinajstić information content (AvgIpc) is 2.36. The number of benzene rings is 1. The zero-order valence-corrected chi connectivity index (χ0v) is 14.5. The van der Waals surface area contributed by atoms with Crippen LogP contribution in [0.25, 0.3) is 0 Å². The normalized spacial score (nSPS) is 14.8. The second-order valence-corrected chi connectivity index (χ2v) is 12.3. The molecule has 0 saturated heterocycles. The number of thioether (sulfide) groups is 1. The molecule has 19 heavy (non-hydrogen) atoms. The highest BCUT2D eigenvalue weighted by Gasteiger charge is 2.25. The maximum atomic E-state index is 11.6. The van der Waals surface area contributed by atoms with Crippen LogP contribution in [0.2, 0.25) is 19.6 Å². The van der Waals surface area contributed by atoms with Crippen LogP contribution in [0.5, 0.6) is 0 Å². The molecule has 0 aliphatic carbocycles. The molecule has 0 spiro atoms. The first-order chi connectivity index (χ1) is 8.77.